The molecule has 1 saturated heterocycles. The standard InChI is InChI=1S/C22H26N2O3/c25-16-20-8-4-5-9-21(20)27-17-22(26)23-14-19-11-13-24(15-19)12-10-18-6-2-1-3-7-18/h1-9,16,19H,10-15,17H2,(H,23,26). The monoisotopic (exact) mass is 366 g/mol. The summed E-state index contributed by atoms with van der Waals surface area (Å²) in [4.78, 5) is 25.4. The topological polar surface area (TPSA) is 58.6 Å². The van der Waals surface area contributed by atoms with Gasteiger partial charge in [0.05, 0.1) is 5.56 Å². The molecule has 5 heteroatoms. The molecule has 1 N–H and O–H groups in total. The van der Waals surface area contributed by atoms with Gasteiger partial charge >= 0.3 is 0 Å². The van der Waals surface area contributed by atoms with Crippen molar-refractivity contribution in [2.75, 3.05) is 32.8 Å². The van der Waals surface area contributed by atoms with Gasteiger partial charge in [-0.25, -0.2) is 0 Å². The van der Waals surface area contributed by atoms with Crippen LogP contribution in [-0.2, 0) is 11.2 Å². The average molecular weight is 366 g/mol. The molecule has 1 atom stereocenters. The van der Waals surface area contributed by atoms with Crippen molar-refractivity contribution in [1.82, 2.24) is 10.2 Å². The number of likely N-dealkylation sites (tertiary alicyclic amines) is 1. The van der Waals surface area contributed by atoms with Crippen molar-refractivity contribution >= 4 is 12.2 Å². The SMILES string of the molecule is O=Cc1ccccc1OCC(=O)NCC1CCN(CCc2ccccc2)C1. The molecule has 5 nitrogen and oxygen atoms in total. The number of ether oxygens (including phenoxy) is 1. The van der Waals surface area contributed by atoms with Crippen LogP contribution in [0.1, 0.15) is 22.3 Å². The summed E-state index contributed by atoms with van der Waals surface area (Å²) in [6.45, 7) is 3.74. The molecule has 1 aliphatic rings. The molecule has 1 aliphatic heterocycles. The zero-order chi connectivity index (χ0) is 18.9. The van der Waals surface area contributed by atoms with Crippen LogP contribution in [0.4, 0.5) is 0 Å². The van der Waals surface area contributed by atoms with Gasteiger partial charge in [0.15, 0.2) is 12.9 Å². The maximum absolute atomic E-state index is 12.0. The van der Waals surface area contributed by atoms with Crippen molar-refractivity contribution in [2.45, 2.75) is 12.8 Å². The quantitative estimate of drug-likeness (QED) is 0.693. The summed E-state index contributed by atoms with van der Waals surface area (Å²) in [6, 6.07) is 17.4. The molecule has 3 rings (SSSR count). The van der Waals surface area contributed by atoms with E-state index in [0.717, 1.165) is 38.8 Å². The Hall–Kier alpha value is -2.66. The van der Waals surface area contributed by atoms with E-state index >= 15 is 0 Å². The van der Waals surface area contributed by atoms with Crippen molar-refractivity contribution in [2.24, 2.45) is 5.92 Å². The van der Waals surface area contributed by atoms with Crippen molar-refractivity contribution in [3.05, 3.63) is 65.7 Å². The van der Waals surface area contributed by atoms with Gasteiger partial charge in [-0.05, 0) is 43.0 Å². The maximum atomic E-state index is 12.0. The number of rotatable bonds is 9. The fourth-order valence-electron chi connectivity index (χ4n) is 3.38. The van der Waals surface area contributed by atoms with Gasteiger partial charge in [0.2, 0.25) is 0 Å². The van der Waals surface area contributed by atoms with E-state index in [4.69, 9.17) is 4.74 Å². The summed E-state index contributed by atoms with van der Waals surface area (Å²) in [5.41, 5.74) is 1.82. The van der Waals surface area contributed by atoms with Gasteiger partial charge in [-0.3, -0.25) is 9.59 Å². The number of aldehydes is 1. The number of benzene rings is 2. The van der Waals surface area contributed by atoms with Crippen LogP contribution in [0.3, 0.4) is 0 Å². The van der Waals surface area contributed by atoms with Crippen molar-refractivity contribution in [3.63, 3.8) is 0 Å². The Morgan fingerprint density at radius 3 is 2.74 bits per heavy atom. The normalized spacial score (nSPS) is 16.8. The molecule has 2 aromatic carbocycles. The molecule has 1 amide bonds. The second kappa shape index (κ2) is 9.88. The van der Waals surface area contributed by atoms with Crippen molar-refractivity contribution in [1.29, 1.82) is 0 Å². The number of hydrogen-bond acceptors (Lipinski definition) is 4. The summed E-state index contributed by atoms with van der Waals surface area (Å²) >= 11 is 0. The number of carbonyl (C=O) groups excluding carboxylic acids is 2. The molecule has 2 aromatic rings. The lowest BCUT2D eigenvalue weighted by Gasteiger charge is -2.16. The third kappa shape index (κ3) is 5.93. The Morgan fingerprint density at radius 1 is 1.15 bits per heavy atom. The molecule has 1 unspecified atom stereocenters. The van der Waals surface area contributed by atoms with E-state index < -0.39 is 0 Å². The third-order valence-corrected chi connectivity index (χ3v) is 4.92. The van der Waals surface area contributed by atoms with Crippen molar-refractivity contribution < 1.29 is 14.3 Å². The Morgan fingerprint density at radius 2 is 1.93 bits per heavy atom. The first kappa shape index (κ1) is 19.1. The molecule has 0 aromatic heterocycles. The predicted molar refractivity (Wildman–Crippen MR) is 105 cm³/mol. The summed E-state index contributed by atoms with van der Waals surface area (Å²) < 4.78 is 5.46. The summed E-state index contributed by atoms with van der Waals surface area (Å²) in [7, 11) is 0. The Bertz CT molecular complexity index is 748. The van der Waals surface area contributed by atoms with E-state index in [1.54, 1.807) is 24.3 Å². The highest BCUT2D eigenvalue weighted by atomic mass is 16.5. The zero-order valence-electron chi connectivity index (χ0n) is 15.5. The highest BCUT2D eigenvalue weighted by Crippen LogP contribution is 2.17. The highest BCUT2D eigenvalue weighted by Gasteiger charge is 2.22. The van der Waals surface area contributed by atoms with Gasteiger partial charge in [-0.1, -0.05) is 42.5 Å². The highest BCUT2D eigenvalue weighted by molar-refractivity contribution is 5.80. The summed E-state index contributed by atoms with van der Waals surface area (Å²) in [6.07, 6.45) is 2.89. The van der Waals surface area contributed by atoms with E-state index in [9.17, 15) is 9.59 Å². The number of amides is 1. The Balaban J connectivity index is 1.34. The van der Waals surface area contributed by atoms with E-state index in [1.807, 2.05) is 6.07 Å². The fraction of sp³-hybridized carbons (Fsp3) is 0.364. The maximum Gasteiger partial charge on any atom is 0.257 e. The van der Waals surface area contributed by atoms with Gasteiger partial charge < -0.3 is 15.0 Å². The largest absolute Gasteiger partial charge is 0.483 e. The van der Waals surface area contributed by atoms with Crippen LogP contribution in [0.2, 0.25) is 0 Å². The molecule has 0 aliphatic carbocycles. The molecular formula is C22H26N2O3. The fourth-order valence-corrected chi connectivity index (χ4v) is 3.38. The summed E-state index contributed by atoms with van der Waals surface area (Å²) in [5.74, 6) is 0.765. The lowest BCUT2D eigenvalue weighted by molar-refractivity contribution is -0.123. The van der Waals surface area contributed by atoms with Crippen molar-refractivity contribution in [3.8, 4) is 5.75 Å². The first-order chi connectivity index (χ1) is 13.2. The Kier molecular flexibility index (Phi) is 6.99. The van der Waals surface area contributed by atoms with Crippen LogP contribution in [0.15, 0.2) is 54.6 Å². The van der Waals surface area contributed by atoms with Gasteiger partial charge in [0, 0.05) is 19.6 Å². The second-order valence-electron chi connectivity index (χ2n) is 6.94. The second-order valence-corrected chi connectivity index (χ2v) is 6.94. The van der Waals surface area contributed by atoms with Gasteiger partial charge in [-0.15, -0.1) is 0 Å². The molecule has 0 saturated carbocycles. The van der Waals surface area contributed by atoms with Crippen LogP contribution in [0.5, 0.6) is 5.75 Å². The average Bonchev–Trinajstić information content (AvgIpc) is 3.18. The van der Waals surface area contributed by atoms with E-state index in [2.05, 4.69) is 34.5 Å². The Labute approximate surface area is 160 Å². The minimum absolute atomic E-state index is 0.0741. The smallest absolute Gasteiger partial charge is 0.257 e. The molecule has 142 valence electrons. The van der Waals surface area contributed by atoms with Crippen LogP contribution >= 0.6 is 0 Å². The number of nitrogens with one attached hydrogen (secondary N) is 1. The van der Waals surface area contributed by atoms with Gasteiger partial charge in [-0.2, -0.15) is 0 Å². The number of hydrogen-bond donors (Lipinski definition) is 1. The minimum Gasteiger partial charge on any atom is -0.483 e. The van der Waals surface area contributed by atoms with Crippen LogP contribution in [0.25, 0.3) is 0 Å². The molecule has 0 bridgehead atoms. The predicted octanol–water partition coefficient (Wildman–Crippen LogP) is 2.56. The van der Waals surface area contributed by atoms with E-state index in [-0.39, 0.29) is 12.5 Å². The van der Waals surface area contributed by atoms with Crippen LogP contribution < -0.4 is 10.1 Å². The lowest BCUT2D eigenvalue weighted by atomic mass is 10.1. The van der Waals surface area contributed by atoms with Gasteiger partial charge in [0.1, 0.15) is 5.75 Å². The van der Waals surface area contributed by atoms with E-state index in [1.165, 1.54) is 5.56 Å². The number of carbonyl (C=O) groups is 2. The molecule has 27 heavy (non-hydrogen) atoms. The van der Waals surface area contributed by atoms with Crippen LogP contribution in [-0.4, -0.2) is 49.9 Å². The lowest BCUT2D eigenvalue weighted by Crippen LogP contribution is -2.34. The minimum atomic E-state index is -0.154. The number of nitrogens with zero attached hydrogens (tertiary/aromatic N) is 1. The number of para-hydroxylation sites is 1. The molecule has 1 heterocycles. The zero-order valence-corrected chi connectivity index (χ0v) is 15.5. The first-order valence-electron chi connectivity index (χ1n) is 9.44. The van der Waals surface area contributed by atoms with Crippen LogP contribution in [0, 0.1) is 5.92 Å². The molecule has 0 radical (unpaired) electrons. The summed E-state index contributed by atoms with van der Waals surface area (Å²) in [5, 5.41) is 2.95. The molecule has 0 spiro atoms. The van der Waals surface area contributed by atoms with Gasteiger partial charge in [0.25, 0.3) is 5.91 Å². The molecular weight excluding hydrogens is 340 g/mol. The third-order valence-electron chi connectivity index (χ3n) is 4.92. The van der Waals surface area contributed by atoms with E-state index in [0.29, 0.717) is 23.8 Å². The molecule has 1 fully saturated rings. The first-order valence-corrected chi connectivity index (χ1v) is 9.44.